The first-order valence-corrected chi connectivity index (χ1v) is 7.88. The smallest absolute Gasteiger partial charge is 0.239 e. The number of halogens is 3. The third-order valence-electron chi connectivity index (χ3n) is 3.97. The van der Waals surface area contributed by atoms with Crippen LogP contribution in [-0.4, -0.2) is 47.5 Å². The van der Waals surface area contributed by atoms with E-state index in [2.05, 4.69) is 36.4 Å². The van der Waals surface area contributed by atoms with Crippen molar-refractivity contribution in [3.63, 3.8) is 0 Å². The molecule has 2 bridgehead atoms. The molecule has 0 radical (unpaired) electrons. The van der Waals surface area contributed by atoms with Gasteiger partial charge in [-0.25, -0.2) is 4.98 Å². The molecule has 2 aliphatic heterocycles. The van der Waals surface area contributed by atoms with Crippen LogP contribution in [0.4, 0.5) is 5.82 Å². The second-order valence-electron chi connectivity index (χ2n) is 5.57. The summed E-state index contributed by atoms with van der Waals surface area (Å²) >= 11 is 3.33. The molecule has 3 rings (SSSR count). The van der Waals surface area contributed by atoms with Gasteiger partial charge < -0.3 is 10.6 Å². The number of anilines is 1. The molecule has 5 nitrogen and oxygen atoms in total. The minimum atomic E-state index is 0. The molecule has 8 heteroatoms. The highest BCUT2D eigenvalue weighted by molar-refractivity contribution is 9.10. The van der Waals surface area contributed by atoms with Crippen molar-refractivity contribution < 1.29 is 4.79 Å². The SMILES string of the molecule is Cl.Cl.O=C(CN1CCC2CCC(C1)N2)Nc1ccc(Br)cn1. The molecule has 22 heavy (non-hydrogen) atoms. The number of pyridine rings is 1. The fraction of sp³-hybridized carbons (Fsp3) is 0.571. The third kappa shape index (κ3) is 5.35. The number of carbonyl (C=O) groups is 1. The lowest BCUT2D eigenvalue weighted by Crippen LogP contribution is -2.39. The Kier molecular flexibility index (Phi) is 8.07. The van der Waals surface area contributed by atoms with E-state index in [9.17, 15) is 4.79 Å². The van der Waals surface area contributed by atoms with E-state index in [4.69, 9.17) is 0 Å². The van der Waals surface area contributed by atoms with E-state index in [0.717, 1.165) is 24.0 Å². The zero-order valence-corrected chi connectivity index (χ0v) is 15.3. The van der Waals surface area contributed by atoms with E-state index >= 15 is 0 Å². The van der Waals surface area contributed by atoms with Crippen LogP contribution in [0.3, 0.4) is 0 Å². The third-order valence-corrected chi connectivity index (χ3v) is 4.44. The molecule has 3 heterocycles. The van der Waals surface area contributed by atoms with Crippen LogP contribution in [-0.2, 0) is 4.79 Å². The molecule has 1 aromatic heterocycles. The van der Waals surface area contributed by atoms with Gasteiger partial charge in [0.25, 0.3) is 0 Å². The van der Waals surface area contributed by atoms with E-state index < -0.39 is 0 Å². The fourth-order valence-electron chi connectivity index (χ4n) is 2.99. The van der Waals surface area contributed by atoms with Gasteiger partial charge in [-0.3, -0.25) is 9.69 Å². The van der Waals surface area contributed by atoms with Crippen LogP contribution >= 0.6 is 40.7 Å². The predicted octanol–water partition coefficient (Wildman–Crippen LogP) is 2.45. The molecule has 0 spiro atoms. The van der Waals surface area contributed by atoms with E-state index in [0.29, 0.717) is 24.4 Å². The van der Waals surface area contributed by atoms with Gasteiger partial charge in [0.1, 0.15) is 5.82 Å². The average Bonchev–Trinajstić information content (AvgIpc) is 2.76. The minimum absolute atomic E-state index is 0. The standard InChI is InChI=1S/C14H19BrN4O.2ClH/c15-10-1-4-13(16-7-10)18-14(20)9-19-6-5-11-2-3-12(8-19)17-11;;/h1,4,7,11-12,17H,2-3,5-6,8-9H2,(H,16,18,20);2*1H. The van der Waals surface area contributed by atoms with Crippen molar-refractivity contribution in [3.8, 4) is 0 Å². The molecule has 2 atom stereocenters. The Bertz CT molecular complexity index is 488. The Hall–Kier alpha value is -0.400. The van der Waals surface area contributed by atoms with Gasteiger partial charge in [-0.15, -0.1) is 24.8 Å². The first-order valence-electron chi connectivity index (χ1n) is 7.09. The lowest BCUT2D eigenvalue weighted by molar-refractivity contribution is -0.117. The highest BCUT2D eigenvalue weighted by atomic mass is 79.9. The maximum Gasteiger partial charge on any atom is 0.239 e. The second kappa shape index (κ2) is 9.03. The van der Waals surface area contributed by atoms with Crippen LogP contribution in [0.25, 0.3) is 0 Å². The molecular weight excluding hydrogens is 391 g/mol. The molecule has 2 aliphatic rings. The molecule has 2 N–H and O–H groups in total. The Morgan fingerprint density at radius 1 is 1.32 bits per heavy atom. The van der Waals surface area contributed by atoms with Gasteiger partial charge in [0.2, 0.25) is 5.91 Å². The molecule has 0 saturated carbocycles. The Balaban J connectivity index is 0.00000121. The molecule has 1 amide bonds. The molecule has 0 aromatic carbocycles. The van der Waals surface area contributed by atoms with Crippen LogP contribution in [0.5, 0.6) is 0 Å². The number of amides is 1. The van der Waals surface area contributed by atoms with Crippen LogP contribution < -0.4 is 10.6 Å². The van der Waals surface area contributed by atoms with Crippen molar-refractivity contribution in [2.45, 2.75) is 31.3 Å². The van der Waals surface area contributed by atoms with Crippen LogP contribution in [0.2, 0.25) is 0 Å². The van der Waals surface area contributed by atoms with E-state index in [-0.39, 0.29) is 30.7 Å². The summed E-state index contributed by atoms with van der Waals surface area (Å²) in [5, 5.41) is 6.47. The van der Waals surface area contributed by atoms with Crippen LogP contribution in [0, 0.1) is 0 Å². The van der Waals surface area contributed by atoms with Crippen LogP contribution in [0.15, 0.2) is 22.8 Å². The highest BCUT2D eigenvalue weighted by Crippen LogP contribution is 2.20. The molecule has 2 fully saturated rings. The number of rotatable bonds is 3. The Morgan fingerprint density at radius 2 is 2.09 bits per heavy atom. The molecule has 124 valence electrons. The largest absolute Gasteiger partial charge is 0.310 e. The van der Waals surface area contributed by atoms with E-state index in [1.54, 1.807) is 12.3 Å². The number of likely N-dealkylation sites (tertiary alicyclic amines) is 1. The van der Waals surface area contributed by atoms with Gasteiger partial charge in [0.15, 0.2) is 0 Å². The molecular formula is C14H21BrCl2N4O. The normalized spacial score (nSPS) is 23.9. The van der Waals surface area contributed by atoms with Crippen molar-refractivity contribution in [2.75, 3.05) is 25.0 Å². The number of fused-ring (bicyclic) bond motifs is 2. The van der Waals surface area contributed by atoms with Gasteiger partial charge >= 0.3 is 0 Å². The monoisotopic (exact) mass is 410 g/mol. The van der Waals surface area contributed by atoms with Gasteiger partial charge in [0, 0.05) is 35.8 Å². The molecule has 2 unspecified atom stereocenters. The first-order chi connectivity index (χ1) is 9.69. The Labute approximate surface area is 151 Å². The summed E-state index contributed by atoms with van der Waals surface area (Å²) in [6, 6.07) is 4.88. The van der Waals surface area contributed by atoms with E-state index in [1.807, 2.05) is 6.07 Å². The molecule has 0 aliphatic carbocycles. The number of carbonyl (C=O) groups excluding carboxylic acids is 1. The maximum atomic E-state index is 12.1. The summed E-state index contributed by atoms with van der Waals surface area (Å²) in [7, 11) is 0. The maximum absolute atomic E-state index is 12.1. The van der Waals surface area contributed by atoms with Crippen molar-refractivity contribution >= 4 is 52.5 Å². The number of nitrogens with one attached hydrogen (secondary N) is 2. The quantitative estimate of drug-likeness (QED) is 0.801. The van der Waals surface area contributed by atoms with Gasteiger partial charge in [0.05, 0.1) is 6.54 Å². The zero-order chi connectivity index (χ0) is 13.9. The van der Waals surface area contributed by atoms with Gasteiger partial charge in [-0.2, -0.15) is 0 Å². The molecule has 1 aromatic rings. The van der Waals surface area contributed by atoms with Crippen molar-refractivity contribution in [1.82, 2.24) is 15.2 Å². The average molecular weight is 412 g/mol. The van der Waals surface area contributed by atoms with Gasteiger partial charge in [-0.05, 0) is 47.3 Å². The van der Waals surface area contributed by atoms with Crippen molar-refractivity contribution in [2.24, 2.45) is 0 Å². The summed E-state index contributed by atoms with van der Waals surface area (Å²) in [5.41, 5.74) is 0. The molecule has 2 saturated heterocycles. The summed E-state index contributed by atoms with van der Waals surface area (Å²) in [6.07, 6.45) is 5.34. The number of hydrogen-bond acceptors (Lipinski definition) is 4. The first kappa shape index (κ1) is 19.6. The number of nitrogens with zero attached hydrogens (tertiary/aromatic N) is 2. The summed E-state index contributed by atoms with van der Waals surface area (Å²) in [5.74, 6) is 0.616. The summed E-state index contributed by atoms with van der Waals surface area (Å²) in [4.78, 5) is 18.5. The fourth-order valence-corrected chi connectivity index (χ4v) is 3.23. The summed E-state index contributed by atoms with van der Waals surface area (Å²) < 4.78 is 0.908. The number of aromatic nitrogens is 1. The summed E-state index contributed by atoms with van der Waals surface area (Å²) in [6.45, 7) is 2.41. The van der Waals surface area contributed by atoms with E-state index in [1.165, 1.54) is 12.8 Å². The second-order valence-corrected chi connectivity index (χ2v) is 6.49. The lowest BCUT2D eigenvalue weighted by Gasteiger charge is -2.23. The minimum Gasteiger partial charge on any atom is -0.310 e. The lowest BCUT2D eigenvalue weighted by atomic mass is 10.1. The zero-order valence-electron chi connectivity index (χ0n) is 12.1. The topological polar surface area (TPSA) is 57.3 Å². The predicted molar refractivity (Wildman–Crippen MR) is 96.1 cm³/mol. The van der Waals surface area contributed by atoms with Crippen molar-refractivity contribution in [1.29, 1.82) is 0 Å². The van der Waals surface area contributed by atoms with Gasteiger partial charge in [-0.1, -0.05) is 0 Å². The highest BCUT2D eigenvalue weighted by Gasteiger charge is 2.29. The Morgan fingerprint density at radius 3 is 2.82 bits per heavy atom. The van der Waals surface area contributed by atoms with Crippen LogP contribution in [0.1, 0.15) is 19.3 Å². The van der Waals surface area contributed by atoms with Crippen molar-refractivity contribution in [3.05, 3.63) is 22.8 Å². The number of hydrogen-bond donors (Lipinski definition) is 2.